The van der Waals surface area contributed by atoms with Crippen molar-refractivity contribution in [1.82, 2.24) is 4.90 Å². The first kappa shape index (κ1) is 11.3. The van der Waals surface area contributed by atoms with E-state index in [1.165, 1.54) is 0 Å². The van der Waals surface area contributed by atoms with Crippen LogP contribution in [0.2, 0.25) is 0 Å². The standard InChI is InChI=1S/C10H20ClNO/c1-9(2)10-8-13-7-6-12(10)5-3-4-11/h9-10H,3-8H2,1-2H3/t10-/m1/s1. The molecule has 1 fully saturated rings. The molecule has 3 heteroatoms. The topological polar surface area (TPSA) is 12.5 Å². The third kappa shape index (κ3) is 3.45. The van der Waals surface area contributed by atoms with E-state index in [2.05, 4.69) is 18.7 Å². The van der Waals surface area contributed by atoms with E-state index in [4.69, 9.17) is 16.3 Å². The molecule has 1 heterocycles. The molecule has 13 heavy (non-hydrogen) atoms. The Labute approximate surface area is 86.2 Å². The van der Waals surface area contributed by atoms with E-state index in [-0.39, 0.29) is 0 Å². The lowest BCUT2D eigenvalue weighted by Gasteiger charge is -2.37. The number of nitrogens with zero attached hydrogens (tertiary/aromatic N) is 1. The Morgan fingerprint density at radius 1 is 1.54 bits per heavy atom. The van der Waals surface area contributed by atoms with Crippen molar-refractivity contribution in [2.75, 3.05) is 32.2 Å². The van der Waals surface area contributed by atoms with Gasteiger partial charge in [-0.25, -0.2) is 0 Å². The molecule has 0 aliphatic carbocycles. The van der Waals surface area contributed by atoms with Crippen molar-refractivity contribution in [3.63, 3.8) is 0 Å². The molecule has 1 saturated heterocycles. The number of morpholine rings is 1. The normalized spacial score (nSPS) is 25.4. The van der Waals surface area contributed by atoms with Gasteiger partial charge in [0.1, 0.15) is 0 Å². The van der Waals surface area contributed by atoms with Gasteiger partial charge in [-0.3, -0.25) is 4.90 Å². The molecule has 0 bridgehead atoms. The Balaban J connectivity index is 2.37. The number of halogens is 1. The lowest BCUT2D eigenvalue weighted by molar-refractivity contribution is -0.0240. The van der Waals surface area contributed by atoms with Crippen LogP contribution in [0.15, 0.2) is 0 Å². The molecule has 0 aromatic carbocycles. The van der Waals surface area contributed by atoms with Gasteiger partial charge in [0.05, 0.1) is 13.2 Å². The van der Waals surface area contributed by atoms with Crippen LogP contribution >= 0.6 is 11.6 Å². The lowest BCUT2D eigenvalue weighted by Crippen LogP contribution is -2.48. The number of ether oxygens (including phenoxy) is 1. The predicted octanol–water partition coefficient (Wildman–Crippen LogP) is 1.97. The van der Waals surface area contributed by atoms with E-state index in [1.807, 2.05) is 0 Å². The van der Waals surface area contributed by atoms with E-state index in [9.17, 15) is 0 Å². The molecule has 0 amide bonds. The average molecular weight is 206 g/mol. The largest absolute Gasteiger partial charge is 0.378 e. The van der Waals surface area contributed by atoms with Crippen molar-refractivity contribution in [2.45, 2.75) is 26.3 Å². The van der Waals surface area contributed by atoms with Crippen molar-refractivity contribution in [3.05, 3.63) is 0 Å². The van der Waals surface area contributed by atoms with E-state index in [0.717, 1.165) is 38.6 Å². The minimum Gasteiger partial charge on any atom is -0.378 e. The first-order chi connectivity index (χ1) is 6.25. The minimum absolute atomic E-state index is 0.594. The number of hydrogen-bond acceptors (Lipinski definition) is 2. The Hall–Kier alpha value is 0.210. The van der Waals surface area contributed by atoms with Crippen LogP contribution in [0.5, 0.6) is 0 Å². The second-order valence-corrected chi connectivity index (χ2v) is 4.34. The Morgan fingerprint density at radius 3 is 2.92 bits per heavy atom. The van der Waals surface area contributed by atoms with Gasteiger partial charge in [-0.2, -0.15) is 0 Å². The maximum Gasteiger partial charge on any atom is 0.0624 e. The molecule has 0 radical (unpaired) electrons. The molecule has 0 N–H and O–H groups in total. The molecule has 1 aliphatic heterocycles. The zero-order valence-electron chi connectivity index (χ0n) is 8.63. The fourth-order valence-corrected chi connectivity index (χ4v) is 1.93. The van der Waals surface area contributed by atoms with Gasteiger partial charge in [0, 0.05) is 18.5 Å². The molecule has 1 aliphatic rings. The highest BCUT2D eigenvalue weighted by molar-refractivity contribution is 6.17. The Kier molecular flexibility index (Phi) is 5.07. The quantitative estimate of drug-likeness (QED) is 0.651. The van der Waals surface area contributed by atoms with Gasteiger partial charge in [0.25, 0.3) is 0 Å². The van der Waals surface area contributed by atoms with Crippen LogP contribution in [-0.2, 0) is 4.74 Å². The molecule has 0 aromatic heterocycles. The van der Waals surface area contributed by atoms with Crippen molar-refractivity contribution >= 4 is 11.6 Å². The molecule has 0 unspecified atom stereocenters. The number of rotatable bonds is 4. The number of alkyl halides is 1. The van der Waals surface area contributed by atoms with Gasteiger partial charge in [-0.05, 0) is 18.9 Å². The van der Waals surface area contributed by atoms with Crippen molar-refractivity contribution in [1.29, 1.82) is 0 Å². The number of hydrogen-bond donors (Lipinski definition) is 0. The summed E-state index contributed by atoms with van der Waals surface area (Å²) >= 11 is 5.69. The van der Waals surface area contributed by atoms with E-state index < -0.39 is 0 Å². The maximum atomic E-state index is 5.69. The molecule has 1 atom stereocenters. The summed E-state index contributed by atoms with van der Waals surface area (Å²) in [6.45, 7) is 8.47. The third-order valence-electron chi connectivity index (χ3n) is 2.63. The van der Waals surface area contributed by atoms with Crippen LogP contribution in [0.1, 0.15) is 20.3 Å². The Bertz CT molecular complexity index is 141. The summed E-state index contributed by atoms with van der Waals surface area (Å²) in [4.78, 5) is 2.51. The summed E-state index contributed by atoms with van der Waals surface area (Å²) in [5.41, 5.74) is 0. The van der Waals surface area contributed by atoms with Gasteiger partial charge >= 0.3 is 0 Å². The molecule has 0 spiro atoms. The maximum absolute atomic E-state index is 5.69. The van der Waals surface area contributed by atoms with Crippen LogP contribution in [0.3, 0.4) is 0 Å². The summed E-state index contributed by atoms with van der Waals surface area (Å²) in [5.74, 6) is 1.44. The zero-order chi connectivity index (χ0) is 9.68. The summed E-state index contributed by atoms with van der Waals surface area (Å²) in [5, 5.41) is 0. The van der Waals surface area contributed by atoms with Crippen LogP contribution in [0, 0.1) is 5.92 Å². The molecular weight excluding hydrogens is 186 g/mol. The van der Waals surface area contributed by atoms with Crippen molar-refractivity contribution < 1.29 is 4.74 Å². The van der Waals surface area contributed by atoms with Crippen molar-refractivity contribution in [2.24, 2.45) is 5.92 Å². The first-order valence-corrected chi connectivity index (χ1v) is 5.67. The van der Waals surface area contributed by atoms with Gasteiger partial charge in [0.15, 0.2) is 0 Å². The highest BCUT2D eigenvalue weighted by Gasteiger charge is 2.24. The van der Waals surface area contributed by atoms with Gasteiger partial charge < -0.3 is 4.74 Å². The van der Waals surface area contributed by atoms with E-state index in [0.29, 0.717) is 12.0 Å². The summed E-state index contributed by atoms with van der Waals surface area (Å²) < 4.78 is 5.48. The zero-order valence-corrected chi connectivity index (χ0v) is 9.39. The van der Waals surface area contributed by atoms with Crippen LogP contribution < -0.4 is 0 Å². The fraction of sp³-hybridized carbons (Fsp3) is 1.00. The second kappa shape index (κ2) is 5.84. The summed E-state index contributed by atoms with van der Waals surface area (Å²) in [6.07, 6.45) is 1.09. The summed E-state index contributed by atoms with van der Waals surface area (Å²) in [7, 11) is 0. The molecule has 0 saturated carbocycles. The van der Waals surface area contributed by atoms with Crippen LogP contribution in [-0.4, -0.2) is 43.1 Å². The molecule has 0 aromatic rings. The fourth-order valence-electron chi connectivity index (χ4n) is 1.81. The second-order valence-electron chi connectivity index (χ2n) is 3.96. The summed E-state index contributed by atoms with van der Waals surface area (Å²) in [6, 6.07) is 0.594. The monoisotopic (exact) mass is 205 g/mol. The van der Waals surface area contributed by atoms with Crippen LogP contribution in [0.4, 0.5) is 0 Å². The van der Waals surface area contributed by atoms with Crippen LogP contribution in [0.25, 0.3) is 0 Å². The Morgan fingerprint density at radius 2 is 2.31 bits per heavy atom. The third-order valence-corrected chi connectivity index (χ3v) is 2.90. The average Bonchev–Trinajstić information content (AvgIpc) is 2.15. The van der Waals surface area contributed by atoms with E-state index in [1.54, 1.807) is 0 Å². The van der Waals surface area contributed by atoms with Gasteiger partial charge in [0.2, 0.25) is 0 Å². The molecule has 78 valence electrons. The van der Waals surface area contributed by atoms with E-state index >= 15 is 0 Å². The van der Waals surface area contributed by atoms with Crippen molar-refractivity contribution in [3.8, 4) is 0 Å². The first-order valence-electron chi connectivity index (χ1n) is 5.13. The molecule has 2 nitrogen and oxygen atoms in total. The highest BCUT2D eigenvalue weighted by Crippen LogP contribution is 2.15. The molecular formula is C10H20ClNO. The predicted molar refractivity (Wildman–Crippen MR) is 56.4 cm³/mol. The smallest absolute Gasteiger partial charge is 0.0624 e. The van der Waals surface area contributed by atoms with Gasteiger partial charge in [-0.1, -0.05) is 13.8 Å². The van der Waals surface area contributed by atoms with Gasteiger partial charge in [-0.15, -0.1) is 11.6 Å². The lowest BCUT2D eigenvalue weighted by atomic mass is 10.0. The minimum atomic E-state index is 0.594. The highest BCUT2D eigenvalue weighted by atomic mass is 35.5. The molecule has 1 rings (SSSR count). The SMILES string of the molecule is CC(C)[C@H]1COCCN1CCCCl.